The molecule has 0 amide bonds. The van der Waals surface area contributed by atoms with Crippen molar-refractivity contribution in [3.05, 3.63) is 58.6 Å². The van der Waals surface area contributed by atoms with Gasteiger partial charge in [-0.1, -0.05) is 24.6 Å². The van der Waals surface area contributed by atoms with Crippen molar-refractivity contribution in [1.82, 2.24) is 5.32 Å². The molecule has 0 heterocycles. The van der Waals surface area contributed by atoms with Gasteiger partial charge < -0.3 is 5.32 Å². The summed E-state index contributed by atoms with van der Waals surface area (Å²) in [7, 11) is 0. The zero-order valence-electron chi connectivity index (χ0n) is 10.5. The van der Waals surface area contributed by atoms with Crippen LogP contribution in [0.3, 0.4) is 0 Å². The first-order valence-electron chi connectivity index (χ1n) is 6.06. The summed E-state index contributed by atoms with van der Waals surface area (Å²) in [6, 6.07) is 8.60. The van der Waals surface area contributed by atoms with Crippen LogP contribution < -0.4 is 5.32 Å². The third kappa shape index (κ3) is 3.31. The normalized spacial score (nSPS) is 10.7. The van der Waals surface area contributed by atoms with E-state index < -0.39 is 0 Å². The molecule has 0 spiro atoms. The molecule has 0 unspecified atom stereocenters. The van der Waals surface area contributed by atoms with E-state index in [2.05, 4.69) is 5.32 Å². The maximum absolute atomic E-state index is 13.3. The van der Waals surface area contributed by atoms with Gasteiger partial charge in [-0.05, 0) is 48.0 Å². The summed E-state index contributed by atoms with van der Waals surface area (Å²) >= 11 is 6.10. The minimum Gasteiger partial charge on any atom is -0.313 e. The highest BCUT2D eigenvalue weighted by Gasteiger charge is 2.10. The number of benzene rings is 2. The second-order valence-electron chi connectivity index (χ2n) is 4.21. The molecule has 2 rings (SSSR count). The lowest BCUT2D eigenvalue weighted by Crippen LogP contribution is -2.12. The lowest BCUT2D eigenvalue weighted by atomic mass is 9.99. The Morgan fingerprint density at radius 2 is 1.68 bits per heavy atom. The molecule has 19 heavy (non-hydrogen) atoms. The fourth-order valence-electron chi connectivity index (χ4n) is 1.93. The SMILES string of the molecule is CCNCc1cc(F)ccc1-c1cc(F)ccc1Cl. The third-order valence-corrected chi connectivity index (χ3v) is 3.18. The molecular formula is C15H14ClF2N. The van der Waals surface area contributed by atoms with Crippen molar-refractivity contribution in [3.63, 3.8) is 0 Å². The second kappa shape index (κ2) is 6.13. The largest absolute Gasteiger partial charge is 0.313 e. The van der Waals surface area contributed by atoms with Crippen LogP contribution in [-0.2, 0) is 6.54 Å². The molecule has 4 heteroatoms. The summed E-state index contributed by atoms with van der Waals surface area (Å²) in [5.74, 6) is -0.678. The zero-order valence-corrected chi connectivity index (χ0v) is 11.3. The molecule has 2 aromatic carbocycles. The molecule has 2 aromatic rings. The lowest BCUT2D eigenvalue weighted by molar-refractivity contribution is 0.622. The molecule has 1 N–H and O–H groups in total. The highest BCUT2D eigenvalue weighted by molar-refractivity contribution is 6.33. The highest BCUT2D eigenvalue weighted by Crippen LogP contribution is 2.31. The smallest absolute Gasteiger partial charge is 0.123 e. The molecule has 0 aromatic heterocycles. The fourth-order valence-corrected chi connectivity index (χ4v) is 2.15. The average Bonchev–Trinajstić information content (AvgIpc) is 2.39. The quantitative estimate of drug-likeness (QED) is 0.876. The minimum absolute atomic E-state index is 0.316. The summed E-state index contributed by atoms with van der Waals surface area (Å²) in [6.45, 7) is 3.25. The Bertz CT molecular complexity index is 584. The van der Waals surface area contributed by atoms with Crippen molar-refractivity contribution in [2.24, 2.45) is 0 Å². The lowest BCUT2D eigenvalue weighted by Gasteiger charge is -2.12. The molecule has 0 radical (unpaired) electrons. The van der Waals surface area contributed by atoms with Gasteiger partial charge in [0.25, 0.3) is 0 Å². The van der Waals surface area contributed by atoms with Crippen LogP contribution in [0, 0.1) is 11.6 Å². The van der Waals surface area contributed by atoms with E-state index in [0.29, 0.717) is 17.1 Å². The van der Waals surface area contributed by atoms with Gasteiger partial charge in [-0.15, -0.1) is 0 Å². The first-order chi connectivity index (χ1) is 9.11. The van der Waals surface area contributed by atoms with Crippen LogP contribution in [0.25, 0.3) is 11.1 Å². The van der Waals surface area contributed by atoms with E-state index in [9.17, 15) is 8.78 Å². The number of hydrogen-bond donors (Lipinski definition) is 1. The van der Waals surface area contributed by atoms with Gasteiger partial charge in [0, 0.05) is 17.1 Å². The van der Waals surface area contributed by atoms with Gasteiger partial charge in [-0.3, -0.25) is 0 Å². The van der Waals surface area contributed by atoms with Crippen LogP contribution in [0.15, 0.2) is 36.4 Å². The van der Waals surface area contributed by atoms with Crippen LogP contribution in [0.2, 0.25) is 5.02 Å². The molecule has 1 nitrogen and oxygen atoms in total. The van der Waals surface area contributed by atoms with E-state index >= 15 is 0 Å². The van der Waals surface area contributed by atoms with Gasteiger partial charge >= 0.3 is 0 Å². The predicted octanol–water partition coefficient (Wildman–Crippen LogP) is 4.39. The molecule has 0 aliphatic carbocycles. The molecule has 0 bridgehead atoms. The molecule has 0 saturated heterocycles. The van der Waals surface area contributed by atoms with Gasteiger partial charge in [0.2, 0.25) is 0 Å². The molecule has 0 saturated carbocycles. The number of hydrogen-bond acceptors (Lipinski definition) is 1. The Kier molecular flexibility index (Phi) is 4.51. The molecule has 100 valence electrons. The summed E-state index contributed by atoms with van der Waals surface area (Å²) in [6.07, 6.45) is 0. The molecule has 0 aliphatic rings. The highest BCUT2D eigenvalue weighted by atomic mass is 35.5. The van der Waals surface area contributed by atoms with Crippen LogP contribution in [-0.4, -0.2) is 6.54 Å². The molecule has 0 atom stereocenters. The standard InChI is InChI=1S/C15H14ClF2N/c1-2-19-9-10-7-11(17)3-5-13(10)14-8-12(18)4-6-15(14)16/h3-8,19H,2,9H2,1H3. The molecular weight excluding hydrogens is 268 g/mol. The van der Waals surface area contributed by atoms with Gasteiger partial charge in [0.15, 0.2) is 0 Å². The van der Waals surface area contributed by atoms with Crippen LogP contribution >= 0.6 is 11.6 Å². The topological polar surface area (TPSA) is 12.0 Å². The first kappa shape index (κ1) is 14.0. The molecule has 0 fully saturated rings. The summed E-state index contributed by atoms with van der Waals surface area (Å²) in [4.78, 5) is 0. The van der Waals surface area contributed by atoms with E-state index in [1.165, 1.54) is 30.3 Å². The van der Waals surface area contributed by atoms with Crippen molar-refractivity contribution in [2.45, 2.75) is 13.5 Å². The van der Waals surface area contributed by atoms with E-state index in [4.69, 9.17) is 11.6 Å². The minimum atomic E-state index is -0.363. The van der Waals surface area contributed by atoms with Crippen LogP contribution in [0.1, 0.15) is 12.5 Å². The predicted molar refractivity (Wildman–Crippen MR) is 74.2 cm³/mol. The van der Waals surface area contributed by atoms with E-state index in [-0.39, 0.29) is 11.6 Å². The van der Waals surface area contributed by atoms with E-state index in [1.807, 2.05) is 6.92 Å². The van der Waals surface area contributed by atoms with Crippen molar-refractivity contribution >= 4 is 11.6 Å². The van der Waals surface area contributed by atoms with E-state index in [0.717, 1.165) is 17.7 Å². The second-order valence-corrected chi connectivity index (χ2v) is 4.61. The van der Waals surface area contributed by atoms with Crippen LogP contribution in [0.4, 0.5) is 8.78 Å². The maximum Gasteiger partial charge on any atom is 0.123 e. The maximum atomic E-state index is 13.3. The Balaban J connectivity index is 2.51. The number of nitrogens with one attached hydrogen (secondary N) is 1. The zero-order chi connectivity index (χ0) is 13.8. The Labute approximate surface area is 116 Å². The van der Waals surface area contributed by atoms with Gasteiger partial charge in [0.05, 0.1) is 0 Å². The van der Waals surface area contributed by atoms with Gasteiger partial charge in [0.1, 0.15) is 11.6 Å². The average molecular weight is 282 g/mol. The number of rotatable bonds is 4. The van der Waals surface area contributed by atoms with Gasteiger partial charge in [-0.2, -0.15) is 0 Å². The van der Waals surface area contributed by atoms with Crippen molar-refractivity contribution in [2.75, 3.05) is 6.54 Å². The van der Waals surface area contributed by atoms with Crippen molar-refractivity contribution < 1.29 is 8.78 Å². The van der Waals surface area contributed by atoms with E-state index in [1.54, 1.807) is 6.07 Å². The van der Waals surface area contributed by atoms with Gasteiger partial charge in [-0.25, -0.2) is 8.78 Å². The van der Waals surface area contributed by atoms with Crippen molar-refractivity contribution in [3.8, 4) is 11.1 Å². The Morgan fingerprint density at radius 3 is 2.42 bits per heavy atom. The monoisotopic (exact) mass is 281 g/mol. The number of halogens is 3. The summed E-state index contributed by atoms with van der Waals surface area (Å²) < 4.78 is 26.7. The Morgan fingerprint density at radius 1 is 1.00 bits per heavy atom. The summed E-state index contributed by atoms with van der Waals surface area (Å²) in [5, 5.41) is 3.58. The summed E-state index contributed by atoms with van der Waals surface area (Å²) in [5.41, 5.74) is 2.08. The van der Waals surface area contributed by atoms with Crippen molar-refractivity contribution in [1.29, 1.82) is 0 Å². The molecule has 0 aliphatic heterocycles. The fraction of sp³-hybridized carbons (Fsp3) is 0.200. The third-order valence-electron chi connectivity index (χ3n) is 2.85. The van der Waals surface area contributed by atoms with Crippen LogP contribution in [0.5, 0.6) is 0 Å². The first-order valence-corrected chi connectivity index (χ1v) is 6.44. The Hall–Kier alpha value is -1.45.